The molecule has 2 rings (SSSR count). The van der Waals surface area contributed by atoms with E-state index in [2.05, 4.69) is 39.9 Å². The highest BCUT2D eigenvalue weighted by atomic mass is 127. The molecule has 2 N–H and O–H groups in total. The van der Waals surface area contributed by atoms with Gasteiger partial charge in [0.05, 0.1) is 6.10 Å². The van der Waals surface area contributed by atoms with Crippen molar-refractivity contribution < 1.29 is 4.74 Å². The van der Waals surface area contributed by atoms with E-state index in [1.54, 1.807) is 0 Å². The van der Waals surface area contributed by atoms with Crippen LogP contribution < -0.4 is 10.6 Å². The zero-order valence-corrected chi connectivity index (χ0v) is 17.6. The summed E-state index contributed by atoms with van der Waals surface area (Å²) in [5.41, 5.74) is 0. The number of thioether (sulfide) groups is 1. The number of nitrogens with one attached hydrogen (secondary N) is 2. The third-order valence-electron chi connectivity index (χ3n) is 3.90. The van der Waals surface area contributed by atoms with Crippen molar-refractivity contribution in [3.63, 3.8) is 0 Å². The second kappa shape index (κ2) is 13.8. The normalized spacial score (nSPS) is 15.1. The first-order valence-corrected chi connectivity index (χ1v) is 9.61. The number of benzene rings is 1. The third kappa shape index (κ3) is 9.13. The van der Waals surface area contributed by atoms with Gasteiger partial charge in [-0.1, -0.05) is 31.0 Å². The van der Waals surface area contributed by atoms with E-state index in [0.717, 1.165) is 37.8 Å². The Morgan fingerprint density at radius 1 is 1.17 bits per heavy atom. The highest BCUT2D eigenvalue weighted by Crippen LogP contribution is 2.20. The van der Waals surface area contributed by atoms with Gasteiger partial charge in [-0.05, 0) is 31.4 Å². The molecule has 0 unspecified atom stereocenters. The first kappa shape index (κ1) is 21.6. The van der Waals surface area contributed by atoms with Crippen molar-refractivity contribution in [2.24, 2.45) is 4.99 Å². The van der Waals surface area contributed by atoms with E-state index in [9.17, 15) is 0 Å². The van der Waals surface area contributed by atoms with Crippen molar-refractivity contribution in [3.8, 4) is 0 Å². The first-order chi connectivity index (χ1) is 11.4. The van der Waals surface area contributed by atoms with Gasteiger partial charge in [-0.2, -0.15) is 0 Å². The van der Waals surface area contributed by atoms with E-state index in [1.807, 2.05) is 24.9 Å². The van der Waals surface area contributed by atoms with Crippen LogP contribution in [0.1, 0.15) is 32.1 Å². The van der Waals surface area contributed by atoms with E-state index >= 15 is 0 Å². The van der Waals surface area contributed by atoms with Crippen LogP contribution in [-0.4, -0.2) is 44.6 Å². The van der Waals surface area contributed by atoms with Crippen molar-refractivity contribution >= 4 is 41.7 Å². The van der Waals surface area contributed by atoms with Gasteiger partial charge >= 0.3 is 0 Å². The van der Waals surface area contributed by atoms with Gasteiger partial charge < -0.3 is 15.4 Å². The number of hydrogen-bond acceptors (Lipinski definition) is 3. The Morgan fingerprint density at radius 3 is 2.58 bits per heavy atom. The fraction of sp³-hybridized carbons (Fsp3) is 0.611. The number of rotatable bonds is 9. The monoisotopic (exact) mass is 463 g/mol. The molecular weight excluding hydrogens is 433 g/mol. The minimum atomic E-state index is 0. The summed E-state index contributed by atoms with van der Waals surface area (Å²) in [4.78, 5) is 5.56. The summed E-state index contributed by atoms with van der Waals surface area (Å²) < 4.78 is 5.86. The van der Waals surface area contributed by atoms with Gasteiger partial charge in [-0.25, -0.2) is 0 Å². The third-order valence-corrected chi connectivity index (χ3v) is 4.91. The molecular formula is C18H30IN3OS. The van der Waals surface area contributed by atoms with Gasteiger partial charge in [-0.3, -0.25) is 4.99 Å². The Kier molecular flexibility index (Phi) is 12.4. The summed E-state index contributed by atoms with van der Waals surface area (Å²) in [5.74, 6) is 1.90. The Labute approximate surface area is 167 Å². The van der Waals surface area contributed by atoms with Crippen molar-refractivity contribution in [2.45, 2.75) is 43.1 Å². The maximum Gasteiger partial charge on any atom is 0.191 e. The maximum atomic E-state index is 5.86. The number of aliphatic imine (C=N–C) groups is 1. The van der Waals surface area contributed by atoms with E-state index in [-0.39, 0.29) is 24.0 Å². The van der Waals surface area contributed by atoms with E-state index < -0.39 is 0 Å². The highest BCUT2D eigenvalue weighted by molar-refractivity contribution is 14.0. The van der Waals surface area contributed by atoms with Gasteiger partial charge in [0.2, 0.25) is 0 Å². The molecule has 0 bridgehead atoms. The molecule has 1 aliphatic carbocycles. The molecule has 6 heteroatoms. The second-order valence-electron chi connectivity index (χ2n) is 5.72. The van der Waals surface area contributed by atoms with Crippen LogP contribution in [0.3, 0.4) is 0 Å². The van der Waals surface area contributed by atoms with Crippen LogP contribution in [0, 0.1) is 0 Å². The molecule has 0 amide bonds. The summed E-state index contributed by atoms with van der Waals surface area (Å²) in [6, 6.07) is 10.5. The fourth-order valence-electron chi connectivity index (χ4n) is 2.66. The van der Waals surface area contributed by atoms with Crippen molar-refractivity contribution in [3.05, 3.63) is 30.3 Å². The van der Waals surface area contributed by atoms with Crippen molar-refractivity contribution in [2.75, 3.05) is 32.5 Å². The zero-order valence-electron chi connectivity index (χ0n) is 14.5. The Balaban J connectivity index is 0.00000288. The van der Waals surface area contributed by atoms with Gasteiger partial charge in [0.25, 0.3) is 0 Å². The quantitative estimate of drug-likeness (QED) is 0.192. The van der Waals surface area contributed by atoms with Crippen LogP contribution in [0.15, 0.2) is 40.2 Å². The van der Waals surface area contributed by atoms with Crippen LogP contribution in [0.5, 0.6) is 0 Å². The summed E-state index contributed by atoms with van der Waals surface area (Å²) >= 11 is 1.85. The van der Waals surface area contributed by atoms with E-state index in [1.165, 1.54) is 30.6 Å². The molecule has 1 aromatic rings. The van der Waals surface area contributed by atoms with Gasteiger partial charge in [-0.15, -0.1) is 35.7 Å². The maximum absolute atomic E-state index is 5.86. The lowest BCUT2D eigenvalue weighted by atomic mass is 10.3. The smallest absolute Gasteiger partial charge is 0.191 e. The summed E-state index contributed by atoms with van der Waals surface area (Å²) in [6.07, 6.45) is 6.70. The van der Waals surface area contributed by atoms with Gasteiger partial charge in [0.15, 0.2) is 5.96 Å². The van der Waals surface area contributed by atoms with Crippen LogP contribution >= 0.6 is 35.7 Å². The van der Waals surface area contributed by atoms with Crippen molar-refractivity contribution in [1.82, 2.24) is 10.6 Å². The predicted molar refractivity (Wildman–Crippen MR) is 115 cm³/mol. The number of hydrogen-bond donors (Lipinski definition) is 2. The number of ether oxygens (including phenoxy) is 1. The van der Waals surface area contributed by atoms with Gasteiger partial charge in [0.1, 0.15) is 0 Å². The summed E-state index contributed by atoms with van der Waals surface area (Å²) in [6.45, 7) is 2.65. The Morgan fingerprint density at radius 2 is 1.88 bits per heavy atom. The average Bonchev–Trinajstić information content (AvgIpc) is 3.11. The molecule has 0 spiro atoms. The molecule has 0 aromatic heterocycles. The van der Waals surface area contributed by atoms with Crippen LogP contribution in [-0.2, 0) is 4.74 Å². The molecule has 0 saturated heterocycles. The number of halogens is 1. The summed E-state index contributed by atoms with van der Waals surface area (Å²) in [7, 11) is 1.81. The minimum absolute atomic E-state index is 0. The molecule has 0 atom stereocenters. The lowest BCUT2D eigenvalue weighted by Gasteiger charge is -2.13. The zero-order chi connectivity index (χ0) is 16.2. The molecule has 0 radical (unpaired) electrons. The largest absolute Gasteiger partial charge is 0.378 e. The van der Waals surface area contributed by atoms with Crippen LogP contribution in [0.25, 0.3) is 0 Å². The SMILES string of the molecule is CN=C(NCCCOC1CCCC1)NCCSc1ccccc1.I. The predicted octanol–water partition coefficient (Wildman–Crippen LogP) is 3.91. The lowest BCUT2D eigenvalue weighted by molar-refractivity contribution is 0.0574. The number of nitrogens with zero attached hydrogens (tertiary/aromatic N) is 1. The Hall–Kier alpha value is -0.470. The Bertz CT molecular complexity index is 453. The highest BCUT2D eigenvalue weighted by Gasteiger charge is 2.14. The van der Waals surface area contributed by atoms with Crippen LogP contribution in [0.2, 0.25) is 0 Å². The first-order valence-electron chi connectivity index (χ1n) is 8.62. The topological polar surface area (TPSA) is 45.7 Å². The van der Waals surface area contributed by atoms with Crippen molar-refractivity contribution in [1.29, 1.82) is 0 Å². The standard InChI is InChI=1S/C18H29N3OS.HI/c1-19-18(20-12-7-14-22-16-8-5-6-9-16)21-13-15-23-17-10-3-2-4-11-17;/h2-4,10-11,16H,5-9,12-15H2,1H3,(H2,19,20,21);1H. The molecule has 1 aromatic carbocycles. The van der Waals surface area contributed by atoms with Crippen LogP contribution in [0.4, 0.5) is 0 Å². The molecule has 24 heavy (non-hydrogen) atoms. The molecule has 0 aliphatic heterocycles. The van der Waals surface area contributed by atoms with E-state index in [4.69, 9.17) is 4.74 Å². The van der Waals surface area contributed by atoms with Gasteiger partial charge in [0, 0.05) is 37.4 Å². The second-order valence-corrected chi connectivity index (χ2v) is 6.89. The lowest BCUT2D eigenvalue weighted by Crippen LogP contribution is -2.39. The molecule has 136 valence electrons. The summed E-state index contributed by atoms with van der Waals surface area (Å²) in [5, 5.41) is 6.69. The molecule has 1 aliphatic rings. The van der Waals surface area contributed by atoms with E-state index in [0.29, 0.717) is 6.10 Å². The average molecular weight is 463 g/mol. The minimum Gasteiger partial charge on any atom is -0.378 e. The molecule has 4 nitrogen and oxygen atoms in total. The molecule has 1 saturated carbocycles. The molecule has 1 fully saturated rings. The number of guanidine groups is 1. The molecule has 0 heterocycles. The fourth-order valence-corrected chi connectivity index (χ4v) is 3.45.